The molecule has 0 N–H and O–H groups in total. The second kappa shape index (κ2) is 3.74. The van der Waals surface area contributed by atoms with E-state index >= 15 is 0 Å². The molecule has 0 saturated heterocycles. The molecule has 68 valence electrons. The lowest BCUT2D eigenvalue weighted by atomic mass is 10.0. The first-order chi connectivity index (χ1) is 5.59. The summed E-state index contributed by atoms with van der Waals surface area (Å²) in [5, 5.41) is 0. The fraction of sp³-hybridized carbons (Fsp3) is 0.700. The molecule has 0 unspecified atom stereocenters. The largest absolute Gasteiger partial charge is 0.455 e. The summed E-state index contributed by atoms with van der Waals surface area (Å²) in [6.07, 6.45) is 3.83. The van der Waals surface area contributed by atoms with Crippen molar-refractivity contribution in [2.75, 3.05) is 0 Å². The fourth-order valence-electron chi connectivity index (χ4n) is 1.26. The summed E-state index contributed by atoms with van der Waals surface area (Å²) in [6, 6.07) is 0. The summed E-state index contributed by atoms with van der Waals surface area (Å²) in [7, 11) is 0. The van der Waals surface area contributed by atoms with Crippen LogP contribution in [0.3, 0.4) is 0 Å². The Kier molecular flexibility index (Phi) is 2.90. The monoisotopic (exact) mass is 168 g/mol. The predicted octanol–water partition coefficient (Wildman–Crippen LogP) is 2.29. The summed E-state index contributed by atoms with van der Waals surface area (Å²) < 4.78 is 4.97. The van der Waals surface area contributed by atoms with E-state index in [4.69, 9.17) is 4.74 Å². The van der Waals surface area contributed by atoms with Crippen LogP contribution in [0.1, 0.15) is 33.6 Å². The number of rotatable bonds is 3. The Hall–Kier alpha value is -0.790. The molecule has 1 aliphatic rings. The summed E-state index contributed by atoms with van der Waals surface area (Å²) in [5.74, 6) is 0.526. The molecular weight excluding hydrogens is 152 g/mol. The average molecular weight is 168 g/mol. The highest BCUT2D eigenvalue weighted by Crippen LogP contribution is 2.19. The van der Waals surface area contributed by atoms with Gasteiger partial charge in [0.1, 0.15) is 6.10 Å². The molecule has 0 aliphatic carbocycles. The van der Waals surface area contributed by atoms with Gasteiger partial charge in [-0.1, -0.05) is 13.8 Å². The van der Waals surface area contributed by atoms with Crippen LogP contribution < -0.4 is 0 Å². The highest BCUT2D eigenvalue weighted by Gasteiger charge is 2.21. The van der Waals surface area contributed by atoms with E-state index in [0.29, 0.717) is 5.92 Å². The predicted molar refractivity (Wildman–Crippen MR) is 47.7 cm³/mol. The number of cyclic esters (lactones) is 1. The van der Waals surface area contributed by atoms with Crippen molar-refractivity contribution in [2.45, 2.75) is 39.7 Å². The van der Waals surface area contributed by atoms with E-state index in [-0.39, 0.29) is 12.1 Å². The number of hydrogen-bond donors (Lipinski definition) is 0. The first-order valence-corrected chi connectivity index (χ1v) is 4.51. The molecule has 0 spiro atoms. The molecule has 0 aromatic carbocycles. The topological polar surface area (TPSA) is 26.3 Å². The number of ether oxygens (including phenoxy) is 1. The normalized spacial score (nSPS) is 22.8. The Morgan fingerprint density at radius 3 is 2.67 bits per heavy atom. The van der Waals surface area contributed by atoms with Crippen molar-refractivity contribution in [1.82, 2.24) is 0 Å². The molecule has 2 heteroatoms. The Balaban J connectivity index is 2.41. The Morgan fingerprint density at radius 2 is 2.25 bits per heavy atom. The number of carbonyl (C=O) groups is 1. The maximum Gasteiger partial charge on any atom is 0.334 e. The van der Waals surface area contributed by atoms with Gasteiger partial charge in [-0.25, -0.2) is 4.79 Å². The van der Waals surface area contributed by atoms with Gasteiger partial charge in [0.05, 0.1) is 0 Å². The van der Waals surface area contributed by atoms with Gasteiger partial charge in [0.25, 0.3) is 0 Å². The van der Waals surface area contributed by atoms with Gasteiger partial charge in [-0.15, -0.1) is 0 Å². The lowest BCUT2D eigenvalue weighted by Crippen LogP contribution is -2.04. The van der Waals surface area contributed by atoms with E-state index in [1.807, 2.05) is 13.0 Å². The summed E-state index contributed by atoms with van der Waals surface area (Å²) in [6.45, 7) is 6.20. The third kappa shape index (κ3) is 2.36. The first kappa shape index (κ1) is 9.30. The van der Waals surface area contributed by atoms with E-state index in [2.05, 4.69) is 13.8 Å². The molecular formula is C10H16O2. The van der Waals surface area contributed by atoms with E-state index in [1.54, 1.807) is 0 Å². The minimum atomic E-state index is -0.122. The average Bonchev–Trinajstić information content (AvgIpc) is 2.26. The second-order valence-electron chi connectivity index (χ2n) is 3.73. The van der Waals surface area contributed by atoms with Gasteiger partial charge in [0, 0.05) is 5.57 Å². The van der Waals surface area contributed by atoms with Crippen LogP contribution in [0.15, 0.2) is 11.6 Å². The molecule has 0 aromatic rings. The Morgan fingerprint density at radius 1 is 1.58 bits per heavy atom. The quantitative estimate of drug-likeness (QED) is 0.604. The van der Waals surface area contributed by atoms with Crippen LogP contribution >= 0.6 is 0 Å². The van der Waals surface area contributed by atoms with Crippen molar-refractivity contribution in [3.8, 4) is 0 Å². The van der Waals surface area contributed by atoms with Crippen molar-refractivity contribution < 1.29 is 9.53 Å². The van der Waals surface area contributed by atoms with Crippen molar-refractivity contribution in [1.29, 1.82) is 0 Å². The maximum absolute atomic E-state index is 11.1. The molecule has 0 bridgehead atoms. The molecule has 2 nitrogen and oxygen atoms in total. The lowest BCUT2D eigenvalue weighted by Gasteiger charge is -2.02. The molecule has 0 saturated carbocycles. The molecule has 1 atom stereocenters. The summed E-state index contributed by atoms with van der Waals surface area (Å²) in [4.78, 5) is 11.1. The van der Waals surface area contributed by atoms with Crippen molar-refractivity contribution in [3.05, 3.63) is 11.6 Å². The smallest absolute Gasteiger partial charge is 0.334 e. The van der Waals surface area contributed by atoms with Crippen LogP contribution in [0.5, 0.6) is 0 Å². The SMILES string of the molecule is CC(C)CCC1=C[C@@H](C)OC1=O. The van der Waals surface area contributed by atoms with Crippen LogP contribution in [-0.2, 0) is 9.53 Å². The Labute approximate surface area is 73.6 Å². The highest BCUT2D eigenvalue weighted by atomic mass is 16.5. The maximum atomic E-state index is 11.1. The van der Waals surface area contributed by atoms with E-state index < -0.39 is 0 Å². The van der Waals surface area contributed by atoms with Gasteiger partial charge in [-0.05, 0) is 31.8 Å². The minimum Gasteiger partial charge on any atom is -0.455 e. The van der Waals surface area contributed by atoms with Crippen molar-refractivity contribution in [2.24, 2.45) is 5.92 Å². The number of carbonyl (C=O) groups excluding carboxylic acids is 1. The molecule has 1 rings (SSSR count). The van der Waals surface area contributed by atoms with Crippen LogP contribution in [-0.4, -0.2) is 12.1 Å². The minimum absolute atomic E-state index is 0.0142. The molecule has 0 amide bonds. The van der Waals surface area contributed by atoms with Gasteiger partial charge in [0.15, 0.2) is 0 Å². The van der Waals surface area contributed by atoms with Crippen molar-refractivity contribution in [3.63, 3.8) is 0 Å². The van der Waals surface area contributed by atoms with Crippen LogP contribution in [0.25, 0.3) is 0 Å². The van der Waals surface area contributed by atoms with Gasteiger partial charge in [-0.2, -0.15) is 0 Å². The zero-order valence-corrected chi connectivity index (χ0v) is 7.96. The zero-order valence-electron chi connectivity index (χ0n) is 7.96. The third-order valence-electron chi connectivity index (χ3n) is 1.98. The summed E-state index contributed by atoms with van der Waals surface area (Å²) in [5.41, 5.74) is 0.858. The number of hydrogen-bond acceptors (Lipinski definition) is 2. The van der Waals surface area contributed by atoms with Crippen molar-refractivity contribution >= 4 is 5.97 Å². The molecule has 1 heterocycles. The molecule has 1 aliphatic heterocycles. The van der Waals surface area contributed by atoms with E-state index in [9.17, 15) is 4.79 Å². The second-order valence-corrected chi connectivity index (χ2v) is 3.73. The highest BCUT2D eigenvalue weighted by molar-refractivity contribution is 5.90. The zero-order chi connectivity index (χ0) is 9.14. The summed E-state index contributed by atoms with van der Waals surface area (Å²) >= 11 is 0. The van der Waals surface area contributed by atoms with Gasteiger partial charge < -0.3 is 4.74 Å². The molecule has 0 fully saturated rings. The molecule has 12 heavy (non-hydrogen) atoms. The number of esters is 1. The third-order valence-corrected chi connectivity index (χ3v) is 1.98. The van der Waals surface area contributed by atoms with Crippen LogP contribution in [0.4, 0.5) is 0 Å². The lowest BCUT2D eigenvalue weighted by molar-refractivity contribution is -0.139. The molecule has 0 aromatic heterocycles. The standard InChI is InChI=1S/C10H16O2/c1-7(2)4-5-9-6-8(3)12-10(9)11/h6-8H,4-5H2,1-3H3/t8-/m1/s1. The van der Waals surface area contributed by atoms with Crippen LogP contribution in [0, 0.1) is 5.92 Å². The van der Waals surface area contributed by atoms with Gasteiger partial charge >= 0.3 is 5.97 Å². The molecule has 0 radical (unpaired) electrons. The van der Waals surface area contributed by atoms with Gasteiger partial charge in [-0.3, -0.25) is 0 Å². The van der Waals surface area contributed by atoms with Crippen LogP contribution in [0.2, 0.25) is 0 Å². The fourth-order valence-corrected chi connectivity index (χ4v) is 1.26. The first-order valence-electron chi connectivity index (χ1n) is 4.51. The Bertz CT molecular complexity index is 204. The van der Waals surface area contributed by atoms with E-state index in [1.165, 1.54) is 0 Å². The van der Waals surface area contributed by atoms with Gasteiger partial charge in [0.2, 0.25) is 0 Å². The van der Waals surface area contributed by atoms with E-state index in [0.717, 1.165) is 18.4 Å².